The summed E-state index contributed by atoms with van der Waals surface area (Å²) < 4.78 is 0. The fourth-order valence-corrected chi connectivity index (χ4v) is 3.12. The number of pyridine rings is 1. The number of aliphatic carboxylic acids is 1. The Morgan fingerprint density at radius 1 is 1.15 bits per heavy atom. The number of benzene rings is 1. The van der Waals surface area contributed by atoms with Gasteiger partial charge in [0.05, 0.1) is 5.56 Å². The van der Waals surface area contributed by atoms with Crippen LogP contribution in [-0.4, -0.2) is 41.6 Å². The van der Waals surface area contributed by atoms with Gasteiger partial charge in [0.2, 0.25) is 0 Å². The topological polar surface area (TPSA) is 73.7 Å². The van der Waals surface area contributed by atoms with E-state index in [9.17, 15) is 9.59 Å². The summed E-state index contributed by atoms with van der Waals surface area (Å²) in [5, 5.41) is 9.16. The number of hydrogen-bond acceptors (Lipinski definition) is 4. The average molecular weight is 353 g/mol. The summed E-state index contributed by atoms with van der Waals surface area (Å²) in [5.74, 6) is 0.166. The van der Waals surface area contributed by atoms with Gasteiger partial charge in [-0.1, -0.05) is 25.1 Å². The molecule has 1 aliphatic heterocycles. The highest BCUT2D eigenvalue weighted by Gasteiger charge is 2.22. The Morgan fingerprint density at radius 2 is 1.85 bits per heavy atom. The van der Waals surface area contributed by atoms with Crippen LogP contribution < -0.4 is 9.80 Å². The normalized spacial score (nSPS) is 14.9. The number of nitrogens with zero attached hydrogens (tertiary/aromatic N) is 3. The molecule has 1 aromatic heterocycles. The monoisotopic (exact) mass is 353 g/mol. The van der Waals surface area contributed by atoms with E-state index in [1.54, 1.807) is 30.3 Å². The third-order valence-corrected chi connectivity index (χ3v) is 4.71. The standard InChI is InChI=1S/C20H23N3O3/c1-15-9-11-22(12-10-15)18-8-7-16(13-21-18)20(26)23(14-19(24)25)17-5-3-2-4-6-17/h2-8,13,15H,9-12,14H2,1H3,(H,24,25). The van der Waals surface area contributed by atoms with Crippen molar-refractivity contribution in [3.63, 3.8) is 0 Å². The molecule has 1 aliphatic rings. The van der Waals surface area contributed by atoms with E-state index in [2.05, 4.69) is 16.8 Å². The molecule has 2 heterocycles. The van der Waals surface area contributed by atoms with Crippen LogP contribution in [0.4, 0.5) is 11.5 Å². The summed E-state index contributed by atoms with van der Waals surface area (Å²) in [6.45, 7) is 3.80. The van der Waals surface area contributed by atoms with Gasteiger partial charge >= 0.3 is 5.97 Å². The fraction of sp³-hybridized carbons (Fsp3) is 0.350. The molecule has 0 unspecified atom stereocenters. The first-order chi connectivity index (χ1) is 12.5. The van der Waals surface area contributed by atoms with Crippen molar-refractivity contribution in [2.45, 2.75) is 19.8 Å². The lowest BCUT2D eigenvalue weighted by molar-refractivity contribution is -0.135. The first-order valence-corrected chi connectivity index (χ1v) is 8.84. The SMILES string of the molecule is CC1CCN(c2ccc(C(=O)N(CC(=O)O)c3ccccc3)cn2)CC1. The third kappa shape index (κ3) is 4.20. The lowest BCUT2D eigenvalue weighted by Crippen LogP contribution is -2.36. The van der Waals surface area contributed by atoms with Crippen molar-refractivity contribution in [2.75, 3.05) is 29.4 Å². The Bertz CT molecular complexity index is 754. The number of carbonyl (C=O) groups is 2. The Morgan fingerprint density at radius 3 is 2.42 bits per heavy atom. The highest BCUT2D eigenvalue weighted by atomic mass is 16.4. The predicted octanol–water partition coefficient (Wildman–Crippen LogP) is 3.05. The fourth-order valence-electron chi connectivity index (χ4n) is 3.12. The summed E-state index contributed by atoms with van der Waals surface area (Å²) in [6.07, 6.45) is 3.82. The van der Waals surface area contributed by atoms with Gasteiger partial charge in [0.15, 0.2) is 0 Å². The molecule has 0 aliphatic carbocycles. The lowest BCUT2D eigenvalue weighted by atomic mass is 9.99. The molecule has 1 N–H and O–H groups in total. The zero-order valence-electron chi connectivity index (χ0n) is 14.8. The average Bonchev–Trinajstić information content (AvgIpc) is 2.67. The van der Waals surface area contributed by atoms with E-state index in [0.29, 0.717) is 11.3 Å². The summed E-state index contributed by atoms with van der Waals surface area (Å²) >= 11 is 0. The van der Waals surface area contributed by atoms with Gasteiger partial charge in [-0.05, 0) is 43.0 Å². The molecule has 1 saturated heterocycles. The summed E-state index contributed by atoms with van der Waals surface area (Å²) in [7, 11) is 0. The number of para-hydroxylation sites is 1. The molecule has 1 fully saturated rings. The largest absolute Gasteiger partial charge is 0.480 e. The molecule has 3 rings (SSSR count). The molecule has 26 heavy (non-hydrogen) atoms. The minimum atomic E-state index is -1.06. The van der Waals surface area contributed by atoms with Crippen LogP contribution in [0.2, 0.25) is 0 Å². The van der Waals surface area contributed by atoms with Crippen LogP contribution in [0.15, 0.2) is 48.7 Å². The second-order valence-corrected chi connectivity index (χ2v) is 6.70. The minimum Gasteiger partial charge on any atom is -0.480 e. The van der Waals surface area contributed by atoms with E-state index < -0.39 is 12.5 Å². The van der Waals surface area contributed by atoms with Crippen LogP contribution >= 0.6 is 0 Å². The number of amides is 1. The molecule has 1 amide bonds. The van der Waals surface area contributed by atoms with Gasteiger partial charge in [-0.15, -0.1) is 0 Å². The van der Waals surface area contributed by atoms with E-state index in [0.717, 1.165) is 37.7 Å². The van der Waals surface area contributed by atoms with Crippen molar-refractivity contribution >= 4 is 23.4 Å². The molecule has 0 spiro atoms. The maximum Gasteiger partial charge on any atom is 0.323 e. The van der Waals surface area contributed by atoms with Crippen LogP contribution in [0.25, 0.3) is 0 Å². The molecule has 1 aromatic carbocycles. The number of rotatable bonds is 5. The van der Waals surface area contributed by atoms with Gasteiger partial charge in [0, 0.05) is 25.0 Å². The summed E-state index contributed by atoms with van der Waals surface area (Å²) in [6, 6.07) is 12.4. The van der Waals surface area contributed by atoms with Crippen LogP contribution in [0.5, 0.6) is 0 Å². The number of carboxylic acids is 1. The van der Waals surface area contributed by atoms with Crippen LogP contribution in [0.1, 0.15) is 30.1 Å². The van der Waals surface area contributed by atoms with Gasteiger partial charge in [-0.25, -0.2) is 4.98 Å². The summed E-state index contributed by atoms with van der Waals surface area (Å²) in [5.41, 5.74) is 0.929. The van der Waals surface area contributed by atoms with Crippen molar-refractivity contribution in [2.24, 2.45) is 5.92 Å². The zero-order chi connectivity index (χ0) is 18.5. The number of piperidine rings is 1. The van der Waals surface area contributed by atoms with Gasteiger partial charge in [-0.3, -0.25) is 14.5 Å². The maximum absolute atomic E-state index is 12.8. The number of carbonyl (C=O) groups excluding carboxylic acids is 1. The van der Waals surface area contributed by atoms with Crippen LogP contribution in [0, 0.1) is 5.92 Å². The number of anilines is 2. The Balaban J connectivity index is 1.78. The molecular weight excluding hydrogens is 330 g/mol. The smallest absolute Gasteiger partial charge is 0.323 e. The van der Waals surface area contributed by atoms with E-state index in [1.807, 2.05) is 12.1 Å². The Labute approximate surface area is 153 Å². The van der Waals surface area contributed by atoms with Crippen molar-refractivity contribution in [3.8, 4) is 0 Å². The molecule has 6 nitrogen and oxygen atoms in total. The summed E-state index contributed by atoms with van der Waals surface area (Å²) in [4.78, 5) is 31.9. The third-order valence-electron chi connectivity index (χ3n) is 4.71. The maximum atomic E-state index is 12.8. The van der Waals surface area contributed by atoms with E-state index in [1.165, 1.54) is 11.1 Å². The molecule has 2 aromatic rings. The molecular formula is C20H23N3O3. The quantitative estimate of drug-likeness (QED) is 0.894. The van der Waals surface area contributed by atoms with Crippen LogP contribution in [-0.2, 0) is 4.79 Å². The van der Waals surface area contributed by atoms with E-state index in [-0.39, 0.29) is 5.91 Å². The zero-order valence-corrected chi connectivity index (χ0v) is 14.8. The second-order valence-electron chi connectivity index (χ2n) is 6.70. The molecule has 0 bridgehead atoms. The van der Waals surface area contributed by atoms with E-state index >= 15 is 0 Å². The lowest BCUT2D eigenvalue weighted by Gasteiger charge is -2.31. The molecule has 0 atom stereocenters. The molecule has 0 radical (unpaired) electrons. The minimum absolute atomic E-state index is 0.370. The first-order valence-electron chi connectivity index (χ1n) is 8.84. The first kappa shape index (κ1) is 17.9. The molecule has 136 valence electrons. The van der Waals surface area contributed by atoms with Crippen LogP contribution in [0.3, 0.4) is 0 Å². The van der Waals surface area contributed by atoms with Gasteiger partial charge in [0.25, 0.3) is 5.91 Å². The molecule has 0 saturated carbocycles. The highest BCUT2D eigenvalue weighted by molar-refractivity contribution is 6.08. The number of hydrogen-bond donors (Lipinski definition) is 1. The van der Waals surface area contributed by atoms with Crippen molar-refractivity contribution in [1.82, 2.24) is 4.98 Å². The Kier molecular flexibility index (Phi) is 5.51. The number of carboxylic acid groups (broad SMARTS) is 1. The number of aromatic nitrogens is 1. The van der Waals surface area contributed by atoms with E-state index in [4.69, 9.17) is 5.11 Å². The predicted molar refractivity (Wildman–Crippen MR) is 101 cm³/mol. The Hall–Kier alpha value is -2.89. The van der Waals surface area contributed by atoms with Gasteiger partial charge in [-0.2, -0.15) is 0 Å². The van der Waals surface area contributed by atoms with Crippen molar-refractivity contribution in [1.29, 1.82) is 0 Å². The second kappa shape index (κ2) is 7.99. The van der Waals surface area contributed by atoms with Gasteiger partial charge < -0.3 is 10.0 Å². The highest BCUT2D eigenvalue weighted by Crippen LogP contribution is 2.22. The van der Waals surface area contributed by atoms with Crippen molar-refractivity contribution in [3.05, 3.63) is 54.2 Å². The molecule has 6 heteroatoms. The van der Waals surface area contributed by atoms with Crippen molar-refractivity contribution < 1.29 is 14.7 Å². The van der Waals surface area contributed by atoms with Gasteiger partial charge in [0.1, 0.15) is 12.4 Å².